The van der Waals surface area contributed by atoms with E-state index in [0.717, 1.165) is 12.0 Å². The summed E-state index contributed by atoms with van der Waals surface area (Å²) in [5, 5.41) is 9.28. The molecule has 1 aromatic heterocycles. The lowest BCUT2D eigenvalue weighted by molar-refractivity contribution is 0.0145. The van der Waals surface area contributed by atoms with E-state index in [1.807, 2.05) is 25.7 Å². The average molecular weight is 406 g/mol. The van der Waals surface area contributed by atoms with Crippen LogP contribution < -0.4 is 4.90 Å². The number of Topliss-reactive ketones (excluding diaryl/α,β-unsaturated/α-hetero) is 1. The van der Waals surface area contributed by atoms with E-state index in [2.05, 4.69) is 16.0 Å². The summed E-state index contributed by atoms with van der Waals surface area (Å²) >= 11 is 6.08. The van der Waals surface area contributed by atoms with Gasteiger partial charge in [0.25, 0.3) is 0 Å². The maximum absolute atomic E-state index is 12.6. The molecule has 150 valence electrons. The fourth-order valence-electron chi connectivity index (χ4n) is 3.60. The Kier molecular flexibility index (Phi) is 5.75. The fraction of sp³-hybridized carbons (Fsp3) is 0.632. The van der Waals surface area contributed by atoms with Gasteiger partial charge >= 0.3 is 6.09 Å². The summed E-state index contributed by atoms with van der Waals surface area (Å²) in [6, 6.07) is 1.81. The van der Waals surface area contributed by atoms with E-state index in [9.17, 15) is 14.9 Å². The van der Waals surface area contributed by atoms with Crippen LogP contribution >= 0.6 is 11.6 Å². The quantitative estimate of drug-likeness (QED) is 0.697. The normalized spacial score (nSPS) is 19.8. The number of anilines is 1. The van der Waals surface area contributed by atoms with Crippen LogP contribution in [0.4, 0.5) is 10.6 Å². The molecule has 1 amide bonds. The van der Waals surface area contributed by atoms with E-state index in [4.69, 9.17) is 16.3 Å². The second-order valence-electron chi connectivity index (χ2n) is 8.06. The van der Waals surface area contributed by atoms with Gasteiger partial charge in [-0.3, -0.25) is 4.79 Å². The first-order valence-electron chi connectivity index (χ1n) is 9.40. The van der Waals surface area contributed by atoms with Crippen LogP contribution in [0.25, 0.3) is 0 Å². The molecule has 1 atom stereocenters. The molecule has 0 saturated carbocycles. The Morgan fingerprint density at radius 2 is 2.07 bits per heavy atom. The number of hydrogen-bond donors (Lipinski definition) is 0. The van der Waals surface area contributed by atoms with Gasteiger partial charge in [0.15, 0.2) is 5.78 Å². The first-order valence-corrected chi connectivity index (χ1v) is 9.78. The van der Waals surface area contributed by atoms with Crippen molar-refractivity contribution in [2.24, 2.45) is 0 Å². The number of halogens is 1. The molecule has 0 radical (unpaired) electrons. The number of carbonyl (C=O) groups excluding carboxylic acids is 2. The van der Waals surface area contributed by atoms with Gasteiger partial charge in [-0.1, -0.05) is 0 Å². The van der Waals surface area contributed by atoms with Crippen molar-refractivity contribution in [2.45, 2.75) is 58.1 Å². The predicted molar refractivity (Wildman–Crippen MR) is 103 cm³/mol. The molecule has 2 heterocycles. The highest BCUT2D eigenvalue weighted by molar-refractivity contribution is 6.28. The second-order valence-corrected chi connectivity index (χ2v) is 8.39. The minimum Gasteiger partial charge on any atom is -0.444 e. The smallest absolute Gasteiger partial charge is 0.410 e. The first kappa shape index (κ1) is 20.3. The molecule has 0 aromatic carbocycles. The molecule has 1 saturated heterocycles. The van der Waals surface area contributed by atoms with Crippen molar-refractivity contribution < 1.29 is 14.3 Å². The summed E-state index contributed by atoms with van der Waals surface area (Å²) in [7, 11) is 0. The molecule has 1 fully saturated rings. The number of fused-ring (bicyclic) bond motifs is 1. The SMILES string of the molecule is CC(C)(C)OC(=O)N1CCN(c2nc(Cl)nc3c2CCCC3=O)C[C@@H]1CC#N. The number of amides is 1. The standard InChI is InChI=1S/C19H24ClN5O3/c1-19(2,3)28-18(27)25-10-9-24(11-12(25)7-8-21)16-13-5-4-6-14(26)15(13)22-17(20)23-16/h12H,4-7,9-11H2,1-3H3/t12-/m0/s1. The Hall–Kier alpha value is -2.40. The van der Waals surface area contributed by atoms with Crippen LogP contribution in [-0.4, -0.2) is 58.0 Å². The van der Waals surface area contributed by atoms with Gasteiger partial charge in [0.05, 0.1) is 18.5 Å². The minimum atomic E-state index is -0.606. The van der Waals surface area contributed by atoms with Gasteiger partial charge in [-0.05, 0) is 45.2 Å². The Balaban J connectivity index is 1.86. The lowest BCUT2D eigenvalue weighted by atomic mass is 9.94. The number of piperazine rings is 1. The van der Waals surface area contributed by atoms with E-state index in [0.29, 0.717) is 44.0 Å². The van der Waals surface area contributed by atoms with Crippen LogP contribution in [0.15, 0.2) is 0 Å². The molecule has 2 aliphatic rings. The number of aromatic nitrogens is 2. The zero-order chi connectivity index (χ0) is 20.5. The van der Waals surface area contributed by atoms with Crippen LogP contribution in [0.5, 0.6) is 0 Å². The molecular formula is C19H24ClN5O3. The second kappa shape index (κ2) is 7.92. The van der Waals surface area contributed by atoms with Crippen LogP contribution in [0.3, 0.4) is 0 Å². The van der Waals surface area contributed by atoms with Gasteiger partial charge in [0.2, 0.25) is 5.28 Å². The van der Waals surface area contributed by atoms with Crippen molar-refractivity contribution in [1.82, 2.24) is 14.9 Å². The maximum atomic E-state index is 12.6. The Morgan fingerprint density at radius 3 is 2.75 bits per heavy atom. The third-order valence-electron chi connectivity index (χ3n) is 4.79. The van der Waals surface area contributed by atoms with Gasteiger partial charge in [-0.25, -0.2) is 14.8 Å². The lowest BCUT2D eigenvalue weighted by Crippen LogP contribution is -2.56. The fourth-order valence-corrected chi connectivity index (χ4v) is 3.77. The monoisotopic (exact) mass is 405 g/mol. The van der Waals surface area contributed by atoms with Crippen LogP contribution in [-0.2, 0) is 11.2 Å². The topological polar surface area (TPSA) is 99.4 Å². The van der Waals surface area contributed by atoms with Crippen molar-refractivity contribution in [1.29, 1.82) is 5.26 Å². The summed E-state index contributed by atoms with van der Waals surface area (Å²) in [5.41, 5.74) is 0.597. The van der Waals surface area contributed by atoms with Crippen molar-refractivity contribution in [3.8, 4) is 6.07 Å². The Morgan fingerprint density at radius 1 is 1.32 bits per heavy atom. The van der Waals surface area contributed by atoms with Crippen LogP contribution in [0.2, 0.25) is 5.28 Å². The minimum absolute atomic E-state index is 0.0206. The zero-order valence-electron chi connectivity index (χ0n) is 16.4. The van der Waals surface area contributed by atoms with Gasteiger partial charge in [-0.2, -0.15) is 5.26 Å². The molecule has 0 spiro atoms. The molecule has 3 rings (SSSR count). The summed E-state index contributed by atoms with van der Waals surface area (Å²) in [6.45, 7) is 6.76. The highest BCUT2D eigenvalue weighted by Gasteiger charge is 2.35. The van der Waals surface area contributed by atoms with Crippen molar-refractivity contribution in [3.05, 3.63) is 16.5 Å². The molecule has 0 bridgehead atoms. The van der Waals surface area contributed by atoms with Gasteiger partial charge in [-0.15, -0.1) is 0 Å². The van der Waals surface area contributed by atoms with E-state index >= 15 is 0 Å². The van der Waals surface area contributed by atoms with Crippen LogP contribution in [0, 0.1) is 11.3 Å². The zero-order valence-corrected chi connectivity index (χ0v) is 17.1. The number of nitrogens with zero attached hydrogens (tertiary/aromatic N) is 5. The van der Waals surface area contributed by atoms with Gasteiger partial charge < -0.3 is 14.5 Å². The van der Waals surface area contributed by atoms with Gasteiger partial charge in [0, 0.05) is 31.6 Å². The highest BCUT2D eigenvalue weighted by atomic mass is 35.5. The maximum Gasteiger partial charge on any atom is 0.410 e. The summed E-state index contributed by atoms with van der Waals surface area (Å²) in [5.74, 6) is 0.614. The number of ether oxygens (including phenoxy) is 1. The largest absolute Gasteiger partial charge is 0.444 e. The highest BCUT2D eigenvalue weighted by Crippen LogP contribution is 2.31. The van der Waals surface area contributed by atoms with E-state index in [1.165, 1.54) is 0 Å². The summed E-state index contributed by atoms with van der Waals surface area (Å²) < 4.78 is 5.49. The van der Waals surface area contributed by atoms with E-state index in [-0.39, 0.29) is 23.5 Å². The Bertz CT molecular complexity index is 830. The summed E-state index contributed by atoms with van der Waals surface area (Å²) in [4.78, 5) is 36.9. The average Bonchev–Trinajstić information content (AvgIpc) is 2.60. The molecule has 0 N–H and O–H groups in total. The molecule has 0 unspecified atom stereocenters. The van der Waals surface area contributed by atoms with Crippen molar-refractivity contribution in [3.63, 3.8) is 0 Å². The van der Waals surface area contributed by atoms with Crippen LogP contribution in [0.1, 0.15) is 56.1 Å². The summed E-state index contributed by atoms with van der Waals surface area (Å²) in [6.07, 6.45) is 1.68. The molecule has 1 aromatic rings. The van der Waals surface area contributed by atoms with Crippen molar-refractivity contribution >= 4 is 29.3 Å². The molecule has 28 heavy (non-hydrogen) atoms. The van der Waals surface area contributed by atoms with E-state index in [1.54, 1.807) is 4.90 Å². The third-order valence-corrected chi connectivity index (χ3v) is 4.96. The number of ketones is 1. The lowest BCUT2D eigenvalue weighted by Gasteiger charge is -2.42. The number of rotatable bonds is 2. The van der Waals surface area contributed by atoms with Gasteiger partial charge in [0.1, 0.15) is 17.1 Å². The van der Waals surface area contributed by atoms with Crippen molar-refractivity contribution in [2.75, 3.05) is 24.5 Å². The predicted octanol–water partition coefficient (Wildman–Crippen LogP) is 2.99. The number of carbonyl (C=O) groups is 2. The molecule has 8 nitrogen and oxygen atoms in total. The molecule has 9 heteroatoms. The number of hydrogen-bond acceptors (Lipinski definition) is 7. The first-order chi connectivity index (χ1) is 13.2. The molecule has 1 aliphatic carbocycles. The Labute approximate surface area is 169 Å². The number of nitriles is 1. The molecule has 1 aliphatic heterocycles. The van der Waals surface area contributed by atoms with E-state index < -0.39 is 11.7 Å². The third kappa shape index (κ3) is 4.36. The molecular weight excluding hydrogens is 382 g/mol.